The molecule has 4 nitrogen and oxygen atoms in total. The minimum atomic E-state index is 0.374. The van der Waals surface area contributed by atoms with E-state index in [1.54, 1.807) is 7.11 Å². The van der Waals surface area contributed by atoms with Gasteiger partial charge in [0.15, 0.2) is 0 Å². The largest absolute Gasteiger partial charge is 0.492 e. The van der Waals surface area contributed by atoms with Gasteiger partial charge in [0.25, 0.3) is 0 Å². The lowest BCUT2D eigenvalue weighted by Crippen LogP contribution is -2.41. The lowest BCUT2D eigenvalue weighted by molar-refractivity contribution is 0.0272. The van der Waals surface area contributed by atoms with Gasteiger partial charge in [0, 0.05) is 25.8 Å². The Bertz CT molecular complexity index is 476. The first-order chi connectivity index (χ1) is 10.3. The van der Waals surface area contributed by atoms with Crippen molar-refractivity contribution in [1.29, 1.82) is 0 Å². The fraction of sp³-hybridized carbons (Fsp3) is 0.529. The zero-order chi connectivity index (χ0) is 14.9. The third-order valence-corrected chi connectivity index (χ3v) is 3.66. The molecule has 0 aliphatic carbocycles. The topological polar surface area (TPSA) is 47.7 Å². The van der Waals surface area contributed by atoms with Crippen LogP contribution in [0.3, 0.4) is 0 Å². The second-order valence-electron chi connectivity index (χ2n) is 5.18. The summed E-state index contributed by atoms with van der Waals surface area (Å²) in [6.07, 6.45) is 2.74. The fourth-order valence-corrected chi connectivity index (χ4v) is 2.49. The summed E-state index contributed by atoms with van der Waals surface area (Å²) < 4.78 is 11.2. The standard InChI is InChI=1S/C17H24N2O2/c1-20-17-5-3-11-19(14-17)12-13-21-16-8-6-15(7-9-16)4-2-10-18/h6-9,17H,3,5,10-14,18H2,1H3. The highest BCUT2D eigenvalue weighted by Gasteiger charge is 2.18. The monoisotopic (exact) mass is 288 g/mol. The van der Waals surface area contributed by atoms with Crippen molar-refractivity contribution in [3.05, 3.63) is 29.8 Å². The number of likely N-dealkylation sites (tertiary alicyclic amines) is 1. The number of hydrogen-bond donors (Lipinski definition) is 1. The maximum absolute atomic E-state index is 5.78. The van der Waals surface area contributed by atoms with E-state index in [1.165, 1.54) is 12.8 Å². The summed E-state index contributed by atoms with van der Waals surface area (Å²) in [6.45, 7) is 4.17. The van der Waals surface area contributed by atoms with Gasteiger partial charge < -0.3 is 15.2 Å². The van der Waals surface area contributed by atoms with Gasteiger partial charge >= 0.3 is 0 Å². The molecule has 4 heteroatoms. The number of rotatable bonds is 5. The molecule has 1 aliphatic heterocycles. The van der Waals surface area contributed by atoms with E-state index in [1.807, 2.05) is 24.3 Å². The zero-order valence-corrected chi connectivity index (χ0v) is 12.7. The van der Waals surface area contributed by atoms with E-state index in [0.29, 0.717) is 19.3 Å². The van der Waals surface area contributed by atoms with Crippen LogP contribution in [-0.4, -0.2) is 50.9 Å². The van der Waals surface area contributed by atoms with Crippen molar-refractivity contribution < 1.29 is 9.47 Å². The lowest BCUT2D eigenvalue weighted by Gasteiger charge is -2.31. The Morgan fingerprint density at radius 2 is 2.14 bits per heavy atom. The summed E-state index contributed by atoms with van der Waals surface area (Å²) >= 11 is 0. The van der Waals surface area contributed by atoms with E-state index in [9.17, 15) is 0 Å². The summed E-state index contributed by atoms with van der Waals surface area (Å²) in [6, 6.07) is 7.82. The van der Waals surface area contributed by atoms with Gasteiger partial charge in [-0.3, -0.25) is 4.90 Å². The van der Waals surface area contributed by atoms with E-state index in [-0.39, 0.29) is 0 Å². The highest BCUT2D eigenvalue weighted by molar-refractivity contribution is 5.38. The molecule has 1 aromatic rings. The van der Waals surface area contributed by atoms with E-state index in [2.05, 4.69) is 16.7 Å². The molecule has 1 aromatic carbocycles. The van der Waals surface area contributed by atoms with Gasteiger partial charge in [0.1, 0.15) is 12.4 Å². The smallest absolute Gasteiger partial charge is 0.119 e. The Morgan fingerprint density at radius 3 is 2.86 bits per heavy atom. The zero-order valence-electron chi connectivity index (χ0n) is 12.7. The van der Waals surface area contributed by atoms with Crippen LogP contribution in [0.15, 0.2) is 24.3 Å². The predicted octanol–water partition coefficient (Wildman–Crippen LogP) is 1.49. The van der Waals surface area contributed by atoms with E-state index in [0.717, 1.165) is 30.9 Å². The molecule has 21 heavy (non-hydrogen) atoms. The minimum Gasteiger partial charge on any atom is -0.492 e. The molecule has 0 amide bonds. The van der Waals surface area contributed by atoms with Gasteiger partial charge in [-0.1, -0.05) is 11.8 Å². The van der Waals surface area contributed by atoms with Crippen LogP contribution in [-0.2, 0) is 4.74 Å². The second kappa shape index (κ2) is 8.68. The predicted molar refractivity (Wildman–Crippen MR) is 84.3 cm³/mol. The molecule has 0 bridgehead atoms. The molecule has 1 aliphatic rings. The molecule has 0 aromatic heterocycles. The van der Waals surface area contributed by atoms with Crippen LogP contribution in [0.1, 0.15) is 18.4 Å². The Labute approximate surface area is 127 Å². The SMILES string of the molecule is COC1CCCN(CCOc2ccc(C#CCN)cc2)C1. The van der Waals surface area contributed by atoms with Gasteiger partial charge in [0.2, 0.25) is 0 Å². The Balaban J connectivity index is 1.73. The number of ether oxygens (including phenoxy) is 2. The molecule has 1 unspecified atom stereocenters. The first kappa shape index (κ1) is 15.8. The molecule has 114 valence electrons. The number of methoxy groups -OCH3 is 1. The maximum Gasteiger partial charge on any atom is 0.119 e. The van der Waals surface area contributed by atoms with Gasteiger partial charge in [-0.05, 0) is 43.7 Å². The van der Waals surface area contributed by atoms with Crippen LogP contribution in [0.2, 0.25) is 0 Å². The molecule has 2 rings (SSSR count). The number of nitrogens with two attached hydrogens (primary N) is 1. The number of hydrogen-bond acceptors (Lipinski definition) is 4. The van der Waals surface area contributed by atoms with Crippen LogP contribution >= 0.6 is 0 Å². The Morgan fingerprint density at radius 1 is 1.33 bits per heavy atom. The minimum absolute atomic E-state index is 0.374. The lowest BCUT2D eigenvalue weighted by atomic mass is 10.1. The van der Waals surface area contributed by atoms with Crippen molar-refractivity contribution in [3.8, 4) is 17.6 Å². The maximum atomic E-state index is 5.78. The van der Waals surface area contributed by atoms with Crippen molar-refractivity contribution in [1.82, 2.24) is 4.90 Å². The van der Waals surface area contributed by atoms with Crippen LogP contribution in [0.5, 0.6) is 5.75 Å². The molecule has 0 saturated carbocycles. The second-order valence-corrected chi connectivity index (χ2v) is 5.18. The van der Waals surface area contributed by atoms with Crippen molar-refractivity contribution in [3.63, 3.8) is 0 Å². The van der Waals surface area contributed by atoms with Crippen LogP contribution < -0.4 is 10.5 Å². The van der Waals surface area contributed by atoms with E-state index in [4.69, 9.17) is 15.2 Å². The normalized spacial score (nSPS) is 18.9. The third kappa shape index (κ3) is 5.39. The van der Waals surface area contributed by atoms with Crippen LogP contribution in [0, 0.1) is 11.8 Å². The van der Waals surface area contributed by atoms with Crippen molar-refractivity contribution in [2.75, 3.05) is 39.9 Å². The fourth-order valence-electron chi connectivity index (χ4n) is 2.49. The highest BCUT2D eigenvalue weighted by atomic mass is 16.5. The number of benzene rings is 1. The average molecular weight is 288 g/mol. The molecule has 0 spiro atoms. The molecule has 1 atom stereocenters. The molecular formula is C17H24N2O2. The van der Waals surface area contributed by atoms with Crippen molar-refractivity contribution in [2.45, 2.75) is 18.9 Å². The van der Waals surface area contributed by atoms with Crippen molar-refractivity contribution in [2.24, 2.45) is 5.73 Å². The Hall–Kier alpha value is -1.54. The number of piperidine rings is 1. The Kier molecular flexibility index (Phi) is 6.55. The summed E-state index contributed by atoms with van der Waals surface area (Å²) in [7, 11) is 1.79. The molecule has 1 heterocycles. The summed E-state index contributed by atoms with van der Waals surface area (Å²) in [5.41, 5.74) is 6.32. The first-order valence-corrected chi connectivity index (χ1v) is 7.49. The number of nitrogens with zero attached hydrogens (tertiary/aromatic N) is 1. The summed E-state index contributed by atoms with van der Waals surface area (Å²) in [5.74, 6) is 6.72. The van der Waals surface area contributed by atoms with Crippen molar-refractivity contribution >= 4 is 0 Å². The molecule has 2 N–H and O–H groups in total. The molecule has 1 fully saturated rings. The van der Waals surface area contributed by atoms with Crippen LogP contribution in [0.25, 0.3) is 0 Å². The summed E-state index contributed by atoms with van der Waals surface area (Å²) in [4.78, 5) is 2.40. The van der Waals surface area contributed by atoms with Gasteiger partial charge in [-0.25, -0.2) is 0 Å². The van der Waals surface area contributed by atoms with Gasteiger partial charge in [0.05, 0.1) is 12.6 Å². The third-order valence-electron chi connectivity index (χ3n) is 3.66. The molecule has 1 saturated heterocycles. The average Bonchev–Trinajstić information content (AvgIpc) is 2.54. The first-order valence-electron chi connectivity index (χ1n) is 7.49. The highest BCUT2D eigenvalue weighted by Crippen LogP contribution is 2.14. The van der Waals surface area contributed by atoms with E-state index < -0.39 is 0 Å². The van der Waals surface area contributed by atoms with E-state index >= 15 is 0 Å². The molecule has 0 radical (unpaired) electrons. The molecular weight excluding hydrogens is 264 g/mol. The van der Waals surface area contributed by atoms with Gasteiger partial charge in [-0.15, -0.1) is 0 Å². The summed E-state index contributed by atoms with van der Waals surface area (Å²) in [5, 5.41) is 0. The van der Waals surface area contributed by atoms with Gasteiger partial charge in [-0.2, -0.15) is 0 Å². The van der Waals surface area contributed by atoms with Crippen LogP contribution in [0.4, 0.5) is 0 Å². The quantitative estimate of drug-likeness (QED) is 0.834.